The maximum Gasteiger partial charge on any atom is 0.408 e. The molecule has 0 unspecified atom stereocenters. The minimum atomic E-state index is -0.866. The second-order valence-electron chi connectivity index (χ2n) is 18.9. The molecule has 4 aliphatic carbocycles. The maximum absolute atomic E-state index is 13.0. The first-order valence-corrected chi connectivity index (χ1v) is 17.8. The summed E-state index contributed by atoms with van der Waals surface area (Å²) < 4.78 is 12.0. The molecule has 8 heteroatoms. The van der Waals surface area contributed by atoms with Crippen LogP contribution >= 0.6 is 0 Å². The molecule has 45 heavy (non-hydrogen) atoms. The van der Waals surface area contributed by atoms with Crippen LogP contribution in [0.15, 0.2) is 0 Å². The van der Waals surface area contributed by atoms with Gasteiger partial charge in [0, 0.05) is 6.04 Å². The van der Waals surface area contributed by atoms with E-state index in [0.717, 1.165) is 57.8 Å². The van der Waals surface area contributed by atoms with Crippen LogP contribution in [0.5, 0.6) is 0 Å². The average Bonchev–Trinajstić information content (AvgIpc) is 3.48. The van der Waals surface area contributed by atoms with Crippen LogP contribution in [0.3, 0.4) is 0 Å². The fraction of sp³-hybridized carbons (Fsp3) is 0.946. The lowest BCUT2D eigenvalue weighted by Crippen LogP contribution is -2.67. The monoisotopic (exact) mass is 632 g/mol. The van der Waals surface area contributed by atoms with Gasteiger partial charge in [0.15, 0.2) is 0 Å². The van der Waals surface area contributed by atoms with Gasteiger partial charge in [0.2, 0.25) is 5.91 Å². The van der Waals surface area contributed by atoms with Gasteiger partial charge in [-0.15, -0.1) is 0 Å². The van der Waals surface area contributed by atoms with Crippen molar-refractivity contribution in [2.24, 2.45) is 45.3 Å². The Morgan fingerprint density at radius 1 is 0.867 bits per heavy atom. The number of amides is 2. The first kappa shape index (κ1) is 34.9. The molecule has 0 bridgehead atoms. The molecule has 1 saturated heterocycles. The Morgan fingerprint density at radius 3 is 2.11 bits per heavy atom. The van der Waals surface area contributed by atoms with Gasteiger partial charge in [-0.3, -0.25) is 4.79 Å². The smallest absolute Gasteiger partial charge is 0.408 e. The van der Waals surface area contributed by atoms with Gasteiger partial charge in [-0.2, -0.15) is 0 Å². The van der Waals surface area contributed by atoms with E-state index in [-0.39, 0.29) is 69.8 Å². The molecule has 0 aromatic carbocycles. The van der Waals surface area contributed by atoms with Gasteiger partial charge in [0.05, 0.1) is 23.4 Å². The number of fused-ring (bicyclic) bond motifs is 5. The molecule has 0 aromatic heterocycles. The Morgan fingerprint density at radius 2 is 1.51 bits per heavy atom. The van der Waals surface area contributed by atoms with E-state index in [2.05, 4.69) is 52.2 Å². The van der Waals surface area contributed by atoms with Crippen LogP contribution in [0.4, 0.5) is 4.79 Å². The zero-order chi connectivity index (χ0) is 33.6. The predicted molar refractivity (Wildman–Crippen MR) is 175 cm³/mol. The highest BCUT2D eigenvalue weighted by Gasteiger charge is 2.72. The Kier molecular flexibility index (Phi) is 8.60. The van der Waals surface area contributed by atoms with E-state index in [1.165, 1.54) is 0 Å². The number of carbonyl (C=O) groups is 2. The Bertz CT molecular complexity index is 1160. The van der Waals surface area contributed by atoms with Gasteiger partial charge in [-0.05, 0) is 145 Å². The van der Waals surface area contributed by atoms with Crippen LogP contribution in [0.1, 0.15) is 134 Å². The largest absolute Gasteiger partial charge is 0.444 e. The molecule has 0 spiro atoms. The van der Waals surface area contributed by atoms with Crippen molar-refractivity contribution >= 4 is 12.0 Å². The van der Waals surface area contributed by atoms with E-state index in [4.69, 9.17) is 9.47 Å². The molecule has 5 rings (SSSR count). The normalized spacial score (nSPS) is 46.0. The molecular formula is C37H64N2O6. The molecule has 4 saturated carbocycles. The van der Waals surface area contributed by atoms with E-state index in [1.807, 2.05) is 13.8 Å². The average molecular weight is 633 g/mol. The molecule has 1 aliphatic heterocycles. The summed E-state index contributed by atoms with van der Waals surface area (Å²) in [5, 5.41) is 28.8. The van der Waals surface area contributed by atoms with Gasteiger partial charge < -0.3 is 30.3 Å². The topological polar surface area (TPSA) is 117 Å². The first-order chi connectivity index (χ1) is 20.5. The van der Waals surface area contributed by atoms with Gasteiger partial charge in [0.25, 0.3) is 0 Å². The number of alkyl carbamates (subject to hydrolysis) is 1. The number of hydrogen-bond acceptors (Lipinski definition) is 6. The van der Waals surface area contributed by atoms with Gasteiger partial charge in [-0.25, -0.2) is 4.79 Å². The van der Waals surface area contributed by atoms with E-state index >= 15 is 0 Å². The number of aliphatic hydroxyl groups is 2. The number of carbonyl (C=O) groups excluding carboxylic acids is 2. The minimum Gasteiger partial charge on any atom is -0.444 e. The second-order valence-corrected chi connectivity index (χ2v) is 18.9. The number of ether oxygens (including phenoxy) is 2. The quantitative estimate of drug-likeness (QED) is 0.280. The number of hydrogen-bond donors (Lipinski definition) is 4. The highest BCUT2D eigenvalue weighted by atomic mass is 16.6. The van der Waals surface area contributed by atoms with Crippen molar-refractivity contribution < 1.29 is 29.3 Å². The first-order valence-electron chi connectivity index (χ1n) is 17.8. The van der Waals surface area contributed by atoms with Crippen molar-refractivity contribution in [3.63, 3.8) is 0 Å². The SMILES string of the molecule is CC(C)(C)OC(=O)NCC(=O)N[C@H]1CC[C@]2(C)[C@H]3C[C@@H](O)[C@@H]4[C@@H]([C@]5(C)CC[C@H](C(C)(C)O)O5)CC[C@@]4(C)[C@]3(C)CC[C@H]2C1(C)C. The third-order valence-electron chi connectivity index (χ3n) is 14.4. The van der Waals surface area contributed by atoms with E-state index in [9.17, 15) is 19.8 Å². The zero-order valence-electron chi connectivity index (χ0n) is 30.1. The van der Waals surface area contributed by atoms with Crippen molar-refractivity contribution in [3.8, 4) is 0 Å². The van der Waals surface area contributed by atoms with Crippen LogP contribution in [0.25, 0.3) is 0 Å². The third kappa shape index (κ3) is 5.75. The summed E-state index contributed by atoms with van der Waals surface area (Å²) in [5.41, 5.74) is -1.77. The molecule has 4 N–H and O–H groups in total. The maximum atomic E-state index is 13.0. The molecule has 2 amide bonds. The van der Waals surface area contributed by atoms with Gasteiger partial charge in [-0.1, -0.05) is 34.6 Å². The van der Waals surface area contributed by atoms with Gasteiger partial charge in [0.1, 0.15) is 12.1 Å². The van der Waals surface area contributed by atoms with Crippen LogP contribution in [0.2, 0.25) is 0 Å². The molecule has 5 aliphatic rings. The Hall–Kier alpha value is -1.38. The van der Waals surface area contributed by atoms with E-state index < -0.39 is 17.3 Å². The summed E-state index contributed by atoms with van der Waals surface area (Å²) in [6.07, 6.45) is 7.77. The van der Waals surface area contributed by atoms with E-state index in [1.54, 1.807) is 20.8 Å². The van der Waals surface area contributed by atoms with Crippen molar-refractivity contribution in [1.82, 2.24) is 10.6 Å². The van der Waals surface area contributed by atoms with Crippen molar-refractivity contribution in [3.05, 3.63) is 0 Å². The minimum absolute atomic E-state index is 0.00963. The summed E-state index contributed by atoms with van der Waals surface area (Å²) in [5.74, 6) is 1.09. The fourth-order valence-electron chi connectivity index (χ4n) is 12.1. The third-order valence-corrected chi connectivity index (χ3v) is 14.4. The highest BCUT2D eigenvalue weighted by Crippen LogP contribution is 2.76. The molecule has 8 nitrogen and oxygen atoms in total. The van der Waals surface area contributed by atoms with Crippen LogP contribution in [-0.4, -0.2) is 63.8 Å². The van der Waals surface area contributed by atoms with Crippen LogP contribution in [0, 0.1) is 45.3 Å². The Balaban J connectivity index is 1.32. The standard InChI is InChI=1S/C37H64N2O6/c1-31(2,3)45-30(42)38-21-28(41)39-26-14-16-34(8)24(32(26,4)5)13-18-35(9)25(34)20-23(40)29-22(12-17-36(29,35)10)37(11)19-15-27(44-37)33(6,7)43/h22-27,29,40,43H,12-21H2,1-11H3,(H,38,42)(H,39,41)/t22-,23+,24-,25+,26-,27+,29-,34-,35+,36+,37-/m0/s1. The Labute approximate surface area is 272 Å². The van der Waals surface area contributed by atoms with Crippen LogP contribution < -0.4 is 10.6 Å². The molecule has 258 valence electrons. The summed E-state index contributed by atoms with van der Waals surface area (Å²) in [6, 6.07) is 0.0174. The summed E-state index contributed by atoms with van der Waals surface area (Å²) >= 11 is 0. The molecular weight excluding hydrogens is 568 g/mol. The second kappa shape index (κ2) is 11.1. The van der Waals surface area contributed by atoms with Gasteiger partial charge >= 0.3 is 6.09 Å². The lowest BCUT2D eigenvalue weighted by atomic mass is 9.35. The summed E-state index contributed by atoms with van der Waals surface area (Å²) in [4.78, 5) is 25.1. The van der Waals surface area contributed by atoms with Crippen molar-refractivity contribution in [2.45, 2.75) is 169 Å². The summed E-state index contributed by atoms with van der Waals surface area (Å²) in [7, 11) is 0. The molecule has 1 heterocycles. The summed E-state index contributed by atoms with van der Waals surface area (Å²) in [6.45, 7) is 23.4. The molecule has 0 radical (unpaired) electrons. The predicted octanol–water partition coefficient (Wildman–Crippen LogP) is 6.36. The number of nitrogens with one attached hydrogen (secondary N) is 2. The molecule has 11 atom stereocenters. The fourth-order valence-corrected chi connectivity index (χ4v) is 12.1. The number of rotatable bonds is 5. The molecule has 5 fully saturated rings. The highest BCUT2D eigenvalue weighted by molar-refractivity contribution is 5.82. The van der Waals surface area contributed by atoms with Crippen molar-refractivity contribution in [1.29, 1.82) is 0 Å². The lowest BCUT2D eigenvalue weighted by molar-refractivity contribution is -0.240. The lowest BCUT2D eigenvalue weighted by Gasteiger charge is -2.71. The zero-order valence-corrected chi connectivity index (χ0v) is 30.1. The van der Waals surface area contributed by atoms with E-state index in [0.29, 0.717) is 11.8 Å². The van der Waals surface area contributed by atoms with Crippen LogP contribution in [-0.2, 0) is 14.3 Å². The molecule has 0 aromatic rings. The van der Waals surface area contributed by atoms with Crippen molar-refractivity contribution in [2.75, 3.05) is 6.54 Å². The number of aliphatic hydroxyl groups excluding tert-OH is 1.